The lowest BCUT2D eigenvalue weighted by Crippen LogP contribution is -2.04. The first-order chi connectivity index (χ1) is 14.9. The number of hydrogen-bond acceptors (Lipinski definition) is 0. The molecule has 0 bridgehead atoms. The predicted octanol–water partition coefficient (Wildman–Crippen LogP) is 8.45. The fraction of sp³-hybridized carbons (Fsp3) is 0.111. The highest BCUT2D eigenvalue weighted by Gasteiger charge is 2.30. The molecule has 0 aliphatic carbocycles. The summed E-state index contributed by atoms with van der Waals surface area (Å²) in [5.74, 6) is -0.441. The van der Waals surface area contributed by atoms with Crippen molar-refractivity contribution in [2.45, 2.75) is 19.0 Å². The average molecular weight is 420 g/mol. The van der Waals surface area contributed by atoms with Crippen LogP contribution in [0.3, 0.4) is 0 Å². The maximum atomic E-state index is 15.2. The van der Waals surface area contributed by atoms with Gasteiger partial charge in [-0.25, -0.2) is 4.39 Å². The molecule has 0 radical (unpaired) electrons. The number of allylic oxidation sites excluding steroid dienone is 1. The Hall–Kier alpha value is -3.40. The van der Waals surface area contributed by atoms with Gasteiger partial charge in [-0.1, -0.05) is 66.7 Å². The van der Waals surface area contributed by atoms with Crippen molar-refractivity contribution in [3.63, 3.8) is 0 Å². The van der Waals surface area contributed by atoms with Gasteiger partial charge in [0.25, 0.3) is 0 Å². The van der Waals surface area contributed by atoms with Crippen molar-refractivity contribution in [3.05, 3.63) is 108 Å². The van der Waals surface area contributed by atoms with Crippen LogP contribution in [0.1, 0.15) is 17.5 Å². The van der Waals surface area contributed by atoms with Crippen LogP contribution < -0.4 is 0 Å². The first kappa shape index (κ1) is 20.9. The van der Waals surface area contributed by atoms with E-state index in [-0.39, 0.29) is 5.56 Å². The lowest BCUT2D eigenvalue weighted by atomic mass is 9.96. The summed E-state index contributed by atoms with van der Waals surface area (Å²) >= 11 is 0. The first-order valence-electron chi connectivity index (χ1n) is 9.97. The van der Waals surface area contributed by atoms with Crippen molar-refractivity contribution < 1.29 is 17.6 Å². The molecule has 0 atom stereocenters. The lowest BCUT2D eigenvalue weighted by molar-refractivity contribution is -0.137. The second-order valence-electron chi connectivity index (χ2n) is 7.46. The Kier molecular flexibility index (Phi) is 5.64. The van der Waals surface area contributed by atoms with Crippen LogP contribution in [-0.4, -0.2) is 0 Å². The zero-order chi connectivity index (χ0) is 22.0. The summed E-state index contributed by atoms with van der Waals surface area (Å²) in [4.78, 5) is 0. The number of halogens is 4. The fourth-order valence-corrected chi connectivity index (χ4v) is 3.67. The molecule has 0 aliphatic heterocycles. The van der Waals surface area contributed by atoms with E-state index in [4.69, 9.17) is 0 Å². The summed E-state index contributed by atoms with van der Waals surface area (Å²) in [5.41, 5.74) is 3.18. The molecule has 4 aromatic carbocycles. The Morgan fingerprint density at radius 1 is 0.742 bits per heavy atom. The smallest absolute Gasteiger partial charge is 0.206 e. The van der Waals surface area contributed by atoms with Crippen molar-refractivity contribution in [1.29, 1.82) is 0 Å². The number of aryl methyl sites for hydroxylation is 1. The standard InChI is InChI=1S/C27H20F4/c1-2-3-4-18-5-7-19(8-6-18)21-11-15-25-22(17-21)12-16-24(26(25)28)20-9-13-23(14-10-20)27(29,30)31/h2,5-17H,1,3-4H2. The highest BCUT2D eigenvalue weighted by molar-refractivity contribution is 5.91. The number of hydrogen-bond donors (Lipinski definition) is 0. The minimum Gasteiger partial charge on any atom is -0.206 e. The van der Waals surface area contributed by atoms with Gasteiger partial charge in [0.2, 0.25) is 0 Å². The van der Waals surface area contributed by atoms with E-state index in [1.807, 2.05) is 30.3 Å². The quantitative estimate of drug-likeness (QED) is 0.224. The maximum absolute atomic E-state index is 15.2. The van der Waals surface area contributed by atoms with Gasteiger partial charge in [-0.2, -0.15) is 13.2 Å². The molecule has 156 valence electrons. The zero-order valence-corrected chi connectivity index (χ0v) is 16.7. The minimum absolute atomic E-state index is 0.278. The third-order valence-corrected chi connectivity index (χ3v) is 5.40. The number of rotatable bonds is 5. The normalized spacial score (nSPS) is 11.6. The maximum Gasteiger partial charge on any atom is 0.416 e. The van der Waals surface area contributed by atoms with Gasteiger partial charge < -0.3 is 0 Å². The lowest BCUT2D eigenvalue weighted by Gasteiger charge is -2.11. The van der Waals surface area contributed by atoms with Crippen molar-refractivity contribution in [3.8, 4) is 22.3 Å². The van der Waals surface area contributed by atoms with E-state index >= 15 is 4.39 Å². The monoisotopic (exact) mass is 420 g/mol. The molecule has 0 amide bonds. The molecule has 31 heavy (non-hydrogen) atoms. The summed E-state index contributed by atoms with van der Waals surface area (Å²) in [6.45, 7) is 3.74. The Labute approximate surface area is 178 Å². The van der Waals surface area contributed by atoms with Gasteiger partial charge in [0.15, 0.2) is 0 Å². The Bertz CT molecular complexity index is 1220. The summed E-state index contributed by atoms with van der Waals surface area (Å²) in [7, 11) is 0. The molecule has 0 aromatic heterocycles. The number of fused-ring (bicyclic) bond motifs is 1. The molecule has 4 aromatic rings. The van der Waals surface area contributed by atoms with Gasteiger partial charge >= 0.3 is 6.18 Å². The highest BCUT2D eigenvalue weighted by atomic mass is 19.4. The Morgan fingerprint density at radius 3 is 2.03 bits per heavy atom. The Balaban J connectivity index is 1.66. The van der Waals surface area contributed by atoms with Crippen LogP contribution in [0.2, 0.25) is 0 Å². The molecule has 0 heterocycles. The number of benzene rings is 4. The van der Waals surface area contributed by atoms with Crippen molar-refractivity contribution in [2.75, 3.05) is 0 Å². The zero-order valence-electron chi connectivity index (χ0n) is 16.7. The third-order valence-electron chi connectivity index (χ3n) is 5.40. The molecule has 0 unspecified atom stereocenters. The molecule has 0 aliphatic rings. The van der Waals surface area contributed by atoms with E-state index in [0.29, 0.717) is 10.9 Å². The van der Waals surface area contributed by atoms with Gasteiger partial charge in [0.1, 0.15) is 5.82 Å². The topological polar surface area (TPSA) is 0 Å². The molecule has 4 heteroatoms. The van der Waals surface area contributed by atoms with Crippen LogP contribution in [0.5, 0.6) is 0 Å². The molecular weight excluding hydrogens is 400 g/mol. The second kappa shape index (κ2) is 8.38. The summed E-state index contributed by atoms with van der Waals surface area (Å²) in [6, 6.07) is 21.7. The van der Waals surface area contributed by atoms with E-state index in [0.717, 1.165) is 41.5 Å². The van der Waals surface area contributed by atoms with Crippen LogP contribution in [0.25, 0.3) is 33.0 Å². The molecule has 0 fully saturated rings. The SMILES string of the molecule is C=CCCc1ccc(-c2ccc3c(F)c(-c4ccc(C(F)(F)F)cc4)ccc3c2)cc1. The Morgan fingerprint density at radius 2 is 1.39 bits per heavy atom. The van der Waals surface area contributed by atoms with E-state index in [9.17, 15) is 13.2 Å². The molecule has 0 nitrogen and oxygen atoms in total. The van der Waals surface area contributed by atoms with Crippen LogP contribution >= 0.6 is 0 Å². The van der Waals surface area contributed by atoms with Crippen LogP contribution in [-0.2, 0) is 12.6 Å². The average Bonchev–Trinajstić information content (AvgIpc) is 2.77. The van der Waals surface area contributed by atoms with E-state index in [1.165, 1.54) is 17.7 Å². The van der Waals surface area contributed by atoms with Gasteiger partial charge in [0.05, 0.1) is 5.56 Å². The predicted molar refractivity (Wildman–Crippen MR) is 118 cm³/mol. The van der Waals surface area contributed by atoms with Crippen molar-refractivity contribution in [1.82, 2.24) is 0 Å². The molecular formula is C27H20F4. The first-order valence-corrected chi connectivity index (χ1v) is 9.97. The van der Waals surface area contributed by atoms with Crippen LogP contribution in [0.15, 0.2) is 91.5 Å². The molecule has 0 saturated carbocycles. The van der Waals surface area contributed by atoms with Gasteiger partial charge in [-0.15, -0.1) is 6.58 Å². The van der Waals surface area contributed by atoms with E-state index in [2.05, 4.69) is 18.7 Å². The minimum atomic E-state index is -4.42. The fourth-order valence-electron chi connectivity index (χ4n) is 3.67. The van der Waals surface area contributed by atoms with Crippen LogP contribution in [0, 0.1) is 5.82 Å². The summed E-state index contributed by atoms with van der Waals surface area (Å²) < 4.78 is 53.5. The molecule has 0 spiro atoms. The van der Waals surface area contributed by atoms with Gasteiger partial charge in [-0.3, -0.25) is 0 Å². The third kappa shape index (κ3) is 4.38. The van der Waals surface area contributed by atoms with Gasteiger partial charge in [-0.05, 0) is 58.7 Å². The highest BCUT2D eigenvalue weighted by Crippen LogP contribution is 2.34. The largest absolute Gasteiger partial charge is 0.416 e. The molecule has 0 saturated heterocycles. The van der Waals surface area contributed by atoms with Gasteiger partial charge in [0, 0.05) is 10.9 Å². The van der Waals surface area contributed by atoms with Crippen LogP contribution in [0.4, 0.5) is 17.6 Å². The number of alkyl halides is 3. The van der Waals surface area contributed by atoms with Crippen molar-refractivity contribution >= 4 is 10.8 Å². The molecule has 4 rings (SSSR count). The summed E-state index contributed by atoms with van der Waals surface area (Å²) in [6.07, 6.45) is -0.652. The second-order valence-corrected chi connectivity index (χ2v) is 7.46. The van der Waals surface area contributed by atoms with Crippen molar-refractivity contribution in [2.24, 2.45) is 0 Å². The van der Waals surface area contributed by atoms with E-state index in [1.54, 1.807) is 18.2 Å². The van der Waals surface area contributed by atoms with E-state index < -0.39 is 17.6 Å². The molecule has 0 N–H and O–H groups in total. The summed E-state index contributed by atoms with van der Waals surface area (Å²) in [5, 5.41) is 1.17.